The van der Waals surface area contributed by atoms with Crippen molar-refractivity contribution in [3.63, 3.8) is 0 Å². The standard InChI is InChI=1S/C22H26N4O6S/c1-3-16-6-4-5-7-20(16)23-21(27)15-24-8-10-25(11-9-24)22(28)17-12-18(26(29)30)14-19(13-17)33(2,31)32/h4-7,12-14H,3,8-11,15H2,1-2H3,(H,23,27). The van der Waals surface area contributed by atoms with E-state index in [1.165, 1.54) is 4.90 Å². The van der Waals surface area contributed by atoms with Gasteiger partial charge in [-0.25, -0.2) is 8.42 Å². The van der Waals surface area contributed by atoms with Gasteiger partial charge in [0.2, 0.25) is 5.91 Å². The Balaban J connectivity index is 1.63. The molecule has 3 rings (SSSR count). The largest absolute Gasteiger partial charge is 0.336 e. The van der Waals surface area contributed by atoms with Crippen molar-refractivity contribution in [2.45, 2.75) is 18.2 Å². The van der Waals surface area contributed by atoms with Crippen LogP contribution in [0.3, 0.4) is 0 Å². The molecule has 1 heterocycles. The lowest BCUT2D eigenvalue weighted by Crippen LogP contribution is -2.50. The van der Waals surface area contributed by atoms with E-state index in [1.807, 2.05) is 36.1 Å². The van der Waals surface area contributed by atoms with Gasteiger partial charge in [-0.1, -0.05) is 25.1 Å². The van der Waals surface area contributed by atoms with Crippen LogP contribution in [0.1, 0.15) is 22.8 Å². The number of non-ortho nitro benzene ring substituents is 1. The first-order chi connectivity index (χ1) is 15.6. The molecule has 0 unspecified atom stereocenters. The maximum atomic E-state index is 12.9. The monoisotopic (exact) mass is 474 g/mol. The quantitative estimate of drug-likeness (QED) is 0.479. The van der Waals surface area contributed by atoms with E-state index < -0.39 is 26.4 Å². The van der Waals surface area contributed by atoms with Crippen LogP contribution in [0.15, 0.2) is 47.4 Å². The van der Waals surface area contributed by atoms with E-state index >= 15 is 0 Å². The third-order valence-electron chi connectivity index (χ3n) is 5.48. The Morgan fingerprint density at radius 2 is 1.76 bits per heavy atom. The van der Waals surface area contributed by atoms with Crippen LogP contribution in [-0.4, -0.2) is 73.9 Å². The molecule has 33 heavy (non-hydrogen) atoms. The Hall–Kier alpha value is -3.31. The van der Waals surface area contributed by atoms with Crippen molar-refractivity contribution in [3.05, 3.63) is 63.7 Å². The number of hydrogen-bond acceptors (Lipinski definition) is 7. The number of carbonyl (C=O) groups is 2. The zero-order valence-corrected chi connectivity index (χ0v) is 19.3. The number of carbonyl (C=O) groups excluding carboxylic acids is 2. The first-order valence-electron chi connectivity index (χ1n) is 10.5. The Labute approximate surface area is 192 Å². The molecular formula is C22H26N4O6S. The number of amides is 2. The topological polar surface area (TPSA) is 130 Å². The SMILES string of the molecule is CCc1ccccc1NC(=O)CN1CCN(C(=O)c2cc([N+](=O)[O-])cc(S(C)(=O)=O)c2)CC1. The Kier molecular flexibility index (Phi) is 7.44. The molecule has 2 aromatic carbocycles. The molecule has 2 amide bonds. The van der Waals surface area contributed by atoms with Crippen LogP contribution < -0.4 is 5.32 Å². The highest BCUT2D eigenvalue weighted by Gasteiger charge is 2.26. The number of nitro groups is 1. The normalized spacial score (nSPS) is 14.7. The molecule has 0 aromatic heterocycles. The molecular weight excluding hydrogens is 448 g/mol. The van der Waals surface area contributed by atoms with Gasteiger partial charge in [-0.15, -0.1) is 0 Å². The number of nitro benzene ring substituents is 1. The van der Waals surface area contributed by atoms with E-state index in [0.29, 0.717) is 26.2 Å². The minimum Gasteiger partial charge on any atom is -0.336 e. The Bertz CT molecular complexity index is 1170. The summed E-state index contributed by atoms with van der Waals surface area (Å²) < 4.78 is 23.8. The summed E-state index contributed by atoms with van der Waals surface area (Å²) in [5.74, 6) is -0.628. The molecule has 0 spiro atoms. The van der Waals surface area contributed by atoms with Gasteiger partial charge in [0.1, 0.15) is 0 Å². The second-order valence-corrected chi connectivity index (χ2v) is 9.89. The first kappa shape index (κ1) is 24.3. The van der Waals surface area contributed by atoms with Gasteiger partial charge >= 0.3 is 0 Å². The molecule has 0 radical (unpaired) electrons. The number of nitrogens with one attached hydrogen (secondary N) is 1. The third kappa shape index (κ3) is 6.14. The van der Waals surface area contributed by atoms with Crippen molar-refractivity contribution in [2.24, 2.45) is 0 Å². The van der Waals surface area contributed by atoms with Crippen molar-refractivity contribution in [1.82, 2.24) is 9.80 Å². The average Bonchev–Trinajstić information content (AvgIpc) is 2.78. The zero-order valence-electron chi connectivity index (χ0n) is 18.5. The maximum absolute atomic E-state index is 12.9. The summed E-state index contributed by atoms with van der Waals surface area (Å²) in [4.78, 5) is 39.0. The Morgan fingerprint density at radius 3 is 2.36 bits per heavy atom. The van der Waals surface area contributed by atoms with Crippen molar-refractivity contribution < 1.29 is 22.9 Å². The lowest BCUT2D eigenvalue weighted by atomic mass is 10.1. The molecule has 1 N–H and O–H groups in total. The third-order valence-corrected chi connectivity index (χ3v) is 6.57. The highest BCUT2D eigenvalue weighted by Crippen LogP contribution is 2.22. The van der Waals surface area contributed by atoms with Crippen LogP contribution in [0.25, 0.3) is 0 Å². The smallest absolute Gasteiger partial charge is 0.271 e. The van der Waals surface area contributed by atoms with Crippen LogP contribution in [0.4, 0.5) is 11.4 Å². The van der Waals surface area contributed by atoms with Crippen LogP contribution in [0, 0.1) is 10.1 Å². The van der Waals surface area contributed by atoms with Gasteiger partial charge in [0, 0.05) is 55.8 Å². The molecule has 2 aromatic rings. The number of para-hydroxylation sites is 1. The van der Waals surface area contributed by atoms with E-state index in [4.69, 9.17) is 0 Å². The van der Waals surface area contributed by atoms with Crippen molar-refractivity contribution in [3.8, 4) is 0 Å². The second-order valence-electron chi connectivity index (χ2n) is 7.87. The van der Waals surface area contributed by atoms with Gasteiger partial charge in [-0.05, 0) is 24.1 Å². The highest BCUT2D eigenvalue weighted by atomic mass is 32.2. The molecule has 1 fully saturated rings. The van der Waals surface area contributed by atoms with Gasteiger partial charge in [-0.2, -0.15) is 0 Å². The highest BCUT2D eigenvalue weighted by molar-refractivity contribution is 7.90. The van der Waals surface area contributed by atoms with E-state index in [9.17, 15) is 28.1 Å². The summed E-state index contributed by atoms with van der Waals surface area (Å²) in [6, 6.07) is 10.8. The van der Waals surface area contributed by atoms with E-state index in [1.54, 1.807) is 0 Å². The zero-order chi connectivity index (χ0) is 24.2. The van der Waals surface area contributed by atoms with E-state index in [-0.39, 0.29) is 22.9 Å². The number of piperazine rings is 1. The Morgan fingerprint density at radius 1 is 1.09 bits per heavy atom. The number of sulfone groups is 1. The minimum absolute atomic E-state index is 0.0491. The van der Waals surface area contributed by atoms with Crippen molar-refractivity contribution >= 4 is 33.0 Å². The number of aryl methyl sites for hydroxylation is 1. The second kappa shape index (κ2) is 10.1. The van der Waals surface area contributed by atoms with E-state index in [2.05, 4.69) is 5.32 Å². The molecule has 0 atom stereocenters. The first-order valence-corrected chi connectivity index (χ1v) is 12.4. The number of anilines is 1. The fourth-order valence-electron chi connectivity index (χ4n) is 3.66. The van der Waals surface area contributed by atoms with Gasteiger partial charge in [0.15, 0.2) is 9.84 Å². The van der Waals surface area contributed by atoms with Gasteiger partial charge < -0.3 is 10.2 Å². The van der Waals surface area contributed by atoms with Crippen LogP contribution >= 0.6 is 0 Å². The van der Waals surface area contributed by atoms with Crippen molar-refractivity contribution in [2.75, 3.05) is 44.3 Å². The molecule has 0 saturated carbocycles. The van der Waals surface area contributed by atoms with Gasteiger partial charge in [0.25, 0.3) is 11.6 Å². The van der Waals surface area contributed by atoms with Crippen molar-refractivity contribution in [1.29, 1.82) is 0 Å². The number of nitrogens with zero attached hydrogens (tertiary/aromatic N) is 3. The molecule has 1 aliphatic heterocycles. The number of benzene rings is 2. The summed E-state index contributed by atoms with van der Waals surface area (Å²) in [6.07, 6.45) is 1.74. The molecule has 0 aliphatic carbocycles. The summed E-state index contributed by atoms with van der Waals surface area (Å²) in [7, 11) is -3.73. The summed E-state index contributed by atoms with van der Waals surface area (Å²) in [5.41, 5.74) is 1.33. The number of rotatable bonds is 7. The van der Waals surface area contributed by atoms with Crippen LogP contribution in [0.2, 0.25) is 0 Å². The molecule has 176 valence electrons. The lowest BCUT2D eigenvalue weighted by molar-refractivity contribution is -0.385. The van der Waals surface area contributed by atoms with E-state index in [0.717, 1.165) is 42.1 Å². The number of hydrogen-bond donors (Lipinski definition) is 1. The maximum Gasteiger partial charge on any atom is 0.271 e. The minimum atomic E-state index is -3.73. The predicted octanol–water partition coefficient (Wildman–Crippen LogP) is 1.96. The molecule has 11 heteroatoms. The fraction of sp³-hybridized carbons (Fsp3) is 0.364. The lowest BCUT2D eigenvalue weighted by Gasteiger charge is -2.34. The molecule has 0 bridgehead atoms. The molecule has 1 saturated heterocycles. The molecule has 10 nitrogen and oxygen atoms in total. The summed E-state index contributed by atoms with van der Waals surface area (Å²) >= 11 is 0. The fourth-order valence-corrected chi connectivity index (χ4v) is 4.34. The van der Waals surface area contributed by atoms with Crippen LogP contribution in [-0.2, 0) is 21.1 Å². The predicted molar refractivity (Wildman–Crippen MR) is 123 cm³/mol. The summed E-state index contributed by atoms with van der Waals surface area (Å²) in [5, 5.41) is 14.1. The van der Waals surface area contributed by atoms with Gasteiger partial charge in [0.05, 0.1) is 16.4 Å². The molecule has 1 aliphatic rings. The van der Waals surface area contributed by atoms with Crippen LogP contribution in [0.5, 0.6) is 0 Å². The van der Waals surface area contributed by atoms with Gasteiger partial charge in [-0.3, -0.25) is 24.6 Å². The average molecular weight is 475 g/mol. The summed E-state index contributed by atoms with van der Waals surface area (Å²) in [6.45, 7) is 3.71.